The van der Waals surface area contributed by atoms with Gasteiger partial charge in [-0.2, -0.15) is 0 Å². The summed E-state index contributed by atoms with van der Waals surface area (Å²) in [5, 5.41) is 3.01. The molecule has 160 valence electrons. The van der Waals surface area contributed by atoms with Crippen LogP contribution in [0.3, 0.4) is 0 Å². The maximum Gasteiger partial charge on any atom is 0.340 e. The molecule has 2 aromatic carbocycles. The largest absolute Gasteiger partial charge is 0.431 e. The van der Waals surface area contributed by atoms with E-state index >= 15 is 0 Å². The predicted octanol–water partition coefficient (Wildman–Crippen LogP) is 4.29. The molecule has 0 fully saturated rings. The van der Waals surface area contributed by atoms with E-state index in [1.165, 1.54) is 24.5 Å². The number of hydrogen-bond acceptors (Lipinski definition) is 6. The zero-order valence-electron chi connectivity index (χ0n) is 16.6. The van der Waals surface area contributed by atoms with Crippen LogP contribution in [-0.4, -0.2) is 16.2 Å². The second-order valence-corrected chi connectivity index (χ2v) is 8.59. The summed E-state index contributed by atoms with van der Waals surface area (Å²) in [6.45, 7) is 1.80. The van der Waals surface area contributed by atoms with Crippen LogP contribution < -0.4 is 19.8 Å². The van der Waals surface area contributed by atoms with Gasteiger partial charge in [-0.3, -0.25) is 4.72 Å². The smallest absolute Gasteiger partial charge is 0.340 e. The normalized spacial score (nSPS) is 12.1. The second-order valence-electron chi connectivity index (χ2n) is 6.58. The van der Waals surface area contributed by atoms with E-state index in [1.807, 2.05) is 0 Å². The van der Waals surface area contributed by atoms with E-state index in [-0.39, 0.29) is 17.7 Å². The van der Waals surface area contributed by atoms with Gasteiger partial charge in [-0.1, -0.05) is 23.5 Å². The molecule has 0 aliphatic rings. The lowest BCUT2D eigenvalue weighted by Gasteiger charge is -2.12. The molecule has 1 unspecified atom stereocenters. The number of anilines is 1. The molecule has 31 heavy (non-hydrogen) atoms. The lowest BCUT2D eigenvalue weighted by molar-refractivity contribution is 0.476. The fraction of sp³-hybridized carbons (Fsp3) is 0.143. The molecule has 2 heterocycles. The van der Waals surface area contributed by atoms with Gasteiger partial charge in [0.2, 0.25) is 0 Å². The Morgan fingerprint density at radius 1 is 1.29 bits per heavy atom. The number of nitrogens with one attached hydrogen (secondary N) is 2. The Morgan fingerprint density at radius 2 is 2.13 bits per heavy atom. The van der Waals surface area contributed by atoms with Crippen LogP contribution >= 0.6 is 11.3 Å². The van der Waals surface area contributed by atoms with Crippen molar-refractivity contribution in [3.63, 3.8) is 0 Å². The van der Waals surface area contributed by atoms with E-state index in [2.05, 4.69) is 14.4 Å². The van der Waals surface area contributed by atoms with Crippen molar-refractivity contribution < 1.29 is 17.8 Å². The molecule has 10 heteroatoms. The zero-order chi connectivity index (χ0) is 22.0. The van der Waals surface area contributed by atoms with Gasteiger partial charge in [0, 0.05) is 35.0 Å². The number of thiazole rings is 1. The molecular formula is C21H18FN3O4S2. The molecule has 7 nitrogen and oxygen atoms in total. The Balaban J connectivity index is 1.68. The van der Waals surface area contributed by atoms with Gasteiger partial charge in [0.25, 0.3) is 5.19 Å². The summed E-state index contributed by atoms with van der Waals surface area (Å²) in [6.07, 6.45) is 1.67. The number of benzene rings is 2. The standard InChI is InChI=1S/C21H18FN3O4S2/c1-12-15-7-6-14(28-21-24-8-9-30-21)11-18(15)29-20(26)16(12)10-13-4-3-5-17(19(13)22)25-31(27)23-2/h3-9,11,23,25H,10H2,1-2H3. The Kier molecular flexibility index (Phi) is 6.12. The third-order valence-corrected chi connectivity index (χ3v) is 6.13. The van der Waals surface area contributed by atoms with Gasteiger partial charge >= 0.3 is 5.63 Å². The molecule has 0 saturated heterocycles. The van der Waals surface area contributed by atoms with Crippen molar-refractivity contribution in [2.24, 2.45) is 0 Å². The second kappa shape index (κ2) is 8.96. The molecule has 0 bridgehead atoms. The number of halogens is 1. The molecule has 1 atom stereocenters. The van der Waals surface area contributed by atoms with Crippen LogP contribution in [0.5, 0.6) is 10.9 Å². The van der Waals surface area contributed by atoms with Crippen LogP contribution in [-0.2, 0) is 17.6 Å². The van der Waals surface area contributed by atoms with E-state index in [1.54, 1.807) is 48.8 Å². The van der Waals surface area contributed by atoms with E-state index in [0.717, 1.165) is 5.39 Å². The molecular weight excluding hydrogens is 441 g/mol. The fourth-order valence-electron chi connectivity index (χ4n) is 3.14. The van der Waals surface area contributed by atoms with Gasteiger partial charge in [-0.25, -0.2) is 23.1 Å². The molecule has 2 aromatic heterocycles. The van der Waals surface area contributed by atoms with Crippen LogP contribution in [0.4, 0.5) is 10.1 Å². The number of fused-ring (bicyclic) bond motifs is 1. The topological polar surface area (TPSA) is 93.5 Å². The van der Waals surface area contributed by atoms with E-state index in [9.17, 15) is 13.4 Å². The number of aromatic nitrogens is 1. The highest BCUT2D eigenvalue weighted by molar-refractivity contribution is 7.84. The first-order valence-electron chi connectivity index (χ1n) is 9.23. The first kappa shape index (κ1) is 21.2. The molecule has 0 spiro atoms. The molecule has 0 saturated carbocycles. The average molecular weight is 460 g/mol. The number of rotatable bonds is 7. The monoisotopic (exact) mass is 459 g/mol. The van der Waals surface area contributed by atoms with Crippen LogP contribution in [0.2, 0.25) is 0 Å². The maximum absolute atomic E-state index is 14.9. The molecule has 0 aliphatic heterocycles. The summed E-state index contributed by atoms with van der Waals surface area (Å²) in [5.74, 6) is -0.0719. The quantitative estimate of drug-likeness (QED) is 0.402. The first-order valence-corrected chi connectivity index (χ1v) is 11.3. The SMILES string of the molecule is CNS(=O)Nc1cccc(Cc2c(C)c3ccc(Oc4nccs4)cc3oc2=O)c1F. The summed E-state index contributed by atoms with van der Waals surface area (Å²) in [7, 11) is 1.49. The summed E-state index contributed by atoms with van der Waals surface area (Å²) in [5.41, 5.74) is 1.25. The van der Waals surface area contributed by atoms with E-state index in [0.29, 0.717) is 27.7 Å². The van der Waals surface area contributed by atoms with Crippen molar-refractivity contribution in [1.82, 2.24) is 9.71 Å². The van der Waals surface area contributed by atoms with Gasteiger partial charge < -0.3 is 9.15 Å². The van der Waals surface area contributed by atoms with Gasteiger partial charge in [0.1, 0.15) is 11.3 Å². The Bertz CT molecular complexity index is 1320. The van der Waals surface area contributed by atoms with E-state index < -0.39 is 22.6 Å². The number of ether oxygens (including phenoxy) is 1. The van der Waals surface area contributed by atoms with Crippen molar-refractivity contribution in [3.05, 3.63) is 80.9 Å². The van der Waals surface area contributed by atoms with E-state index in [4.69, 9.17) is 9.15 Å². The van der Waals surface area contributed by atoms with Crippen molar-refractivity contribution in [2.45, 2.75) is 13.3 Å². The number of nitrogens with zero attached hydrogens (tertiary/aromatic N) is 1. The highest BCUT2D eigenvalue weighted by Crippen LogP contribution is 2.29. The Morgan fingerprint density at radius 3 is 2.87 bits per heavy atom. The van der Waals surface area contributed by atoms with Crippen LogP contribution in [0, 0.1) is 12.7 Å². The lowest BCUT2D eigenvalue weighted by Crippen LogP contribution is -2.19. The number of aryl methyl sites for hydroxylation is 1. The highest BCUT2D eigenvalue weighted by Gasteiger charge is 2.17. The minimum Gasteiger partial charge on any atom is -0.431 e. The lowest BCUT2D eigenvalue weighted by atomic mass is 9.99. The fourth-order valence-corrected chi connectivity index (χ4v) is 4.10. The first-order chi connectivity index (χ1) is 15.0. The maximum atomic E-state index is 14.9. The van der Waals surface area contributed by atoms with Crippen LogP contribution in [0.15, 0.2) is 57.2 Å². The molecule has 4 rings (SSSR count). The molecule has 4 aromatic rings. The predicted molar refractivity (Wildman–Crippen MR) is 119 cm³/mol. The third-order valence-electron chi connectivity index (χ3n) is 4.71. The minimum absolute atomic E-state index is 0.0367. The highest BCUT2D eigenvalue weighted by atomic mass is 32.2. The Hall–Kier alpha value is -3.08. The molecule has 0 radical (unpaired) electrons. The van der Waals surface area contributed by atoms with Crippen LogP contribution in [0.1, 0.15) is 16.7 Å². The van der Waals surface area contributed by atoms with Crippen molar-refractivity contribution in [3.8, 4) is 10.9 Å². The minimum atomic E-state index is -1.62. The number of hydrogen-bond donors (Lipinski definition) is 2. The molecule has 0 amide bonds. The van der Waals surface area contributed by atoms with Gasteiger partial charge in [0.15, 0.2) is 17.0 Å². The molecule has 0 aliphatic carbocycles. The summed E-state index contributed by atoms with van der Waals surface area (Å²) in [4.78, 5) is 16.8. The van der Waals surface area contributed by atoms with Crippen molar-refractivity contribution in [1.29, 1.82) is 0 Å². The molecule has 2 N–H and O–H groups in total. The Labute approximate surface area is 183 Å². The third kappa shape index (κ3) is 4.50. The van der Waals surface area contributed by atoms with Gasteiger partial charge in [-0.05, 0) is 43.3 Å². The summed E-state index contributed by atoms with van der Waals surface area (Å²) < 4.78 is 42.7. The summed E-state index contributed by atoms with van der Waals surface area (Å²) in [6, 6.07) is 9.88. The van der Waals surface area contributed by atoms with Gasteiger partial charge in [-0.15, -0.1) is 0 Å². The summed E-state index contributed by atoms with van der Waals surface area (Å²) >= 11 is -0.270. The van der Waals surface area contributed by atoms with Crippen molar-refractivity contribution in [2.75, 3.05) is 11.8 Å². The average Bonchev–Trinajstić information content (AvgIpc) is 3.26. The van der Waals surface area contributed by atoms with Crippen LogP contribution in [0.25, 0.3) is 11.0 Å². The van der Waals surface area contributed by atoms with Gasteiger partial charge in [0.05, 0.1) is 5.69 Å². The zero-order valence-corrected chi connectivity index (χ0v) is 18.2. The van der Waals surface area contributed by atoms with Crippen molar-refractivity contribution >= 4 is 39.2 Å².